The maximum Gasteiger partial charge on any atom is 0.253 e. The highest BCUT2D eigenvalue weighted by atomic mass is 16.2. The summed E-state index contributed by atoms with van der Waals surface area (Å²) in [6, 6.07) is 5.47. The minimum Gasteiger partial charge on any atom is -0.369 e. The maximum absolute atomic E-state index is 12.7. The SMILES string of the molecule is CC(=O)N1CCc2cc(C(=O)N3CCCC(C(N)=O)C3)ccc21. The summed E-state index contributed by atoms with van der Waals surface area (Å²) >= 11 is 0. The number of hydrogen-bond acceptors (Lipinski definition) is 3. The lowest BCUT2D eigenvalue weighted by Gasteiger charge is -2.31. The Morgan fingerprint density at radius 3 is 2.70 bits per heavy atom. The minimum atomic E-state index is -0.339. The molecule has 0 spiro atoms. The lowest BCUT2D eigenvalue weighted by atomic mass is 9.96. The number of amides is 3. The van der Waals surface area contributed by atoms with Crippen LogP contribution in [0.25, 0.3) is 0 Å². The van der Waals surface area contributed by atoms with Crippen molar-refractivity contribution in [1.29, 1.82) is 0 Å². The second-order valence-electron chi connectivity index (χ2n) is 6.26. The zero-order chi connectivity index (χ0) is 16.6. The lowest BCUT2D eigenvalue weighted by Crippen LogP contribution is -2.44. The fourth-order valence-corrected chi connectivity index (χ4v) is 3.44. The second-order valence-corrected chi connectivity index (χ2v) is 6.26. The number of benzene rings is 1. The van der Waals surface area contributed by atoms with E-state index in [1.54, 1.807) is 22.8 Å². The van der Waals surface area contributed by atoms with E-state index in [0.29, 0.717) is 25.2 Å². The van der Waals surface area contributed by atoms with Crippen molar-refractivity contribution in [2.75, 3.05) is 24.5 Å². The molecular weight excluding hydrogens is 294 g/mol. The lowest BCUT2D eigenvalue weighted by molar-refractivity contribution is -0.123. The molecule has 122 valence electrons. The van der Waals surface area contributed by atoms with E-state index in [1.807, 2.05) is 12.1 Å². The Labute approximate surface area is 135 Å². The van der Waals surface area contributed by atoms with Crippen LogP contribution in [0.3, 0.4) is 0 Å². The molecule has 0 aromatic heterocycles. The summed E-state index contributed by atoms with van der Waals surface area (Å²) in [5, 5.41) is 0. The number of carbonyl (C=O) groups is 3. The number of anilines is 1. The molecule has 2 N–H and O–H groups in total. The van der Waals surface area contributed by atoms with Crippen LogP contribution in [-0.4, -0.2) is 42.3 Å². The zero-order valence-corrected chi connectivity index (χ0v) is 13.2. The summed E-state index contributed by atoms with van der Waals surface area (Å²) in [5.41, 5.74) is 7.90. The van der Waals surface area contributed by atoms with Gasteiger partial charge in [-0.1, -0.05) is 0 Å². The van der Waals surface area contributed by atoms with Gasteiger partial charge in [0.2, 0.25) is 11.8 Å². The van der Waals surface area contributed by atoms with Gasteiger partial charge in [0.15, 0.2) is 0 Å². The van der Waals surface area contributed by atoms with E-state index in [-0.39, 0.29) is 23.6 Å². The Bertz CT molecular complexity index is 671. The third-order valence-corrected chi connectivity index (χ3v) is 4.71. The Hall–Kier alpha value is -2.37. The van der Waals surface area contributed by atoms with Crippen molar-refractivity contribution in [2.24, 2.45) is 11.7 Å². The molecule has 0 bridgehead atoms. The van der Waals surface area contributed by atoms with Crippen molar-refractivity contribution in [3.63, 3.8) is 0 Å². The molecule has 1 aromatic carbocycles. The van der Waals surface area contributed by atoms with Crippen LogP contribution in [0, 0.1) is 5.92 Å². The van der Waals surface area contributed by atoms with Crippen LogP contribution >= 0.6 is 0 Å². The molecule has 2 aliphatic heterocycles. The summed E-state index contributed by atoms with van der Waals surface area (Å²) in [5.74, 6) is -0.646. The quantitative estimate of drug-likeness (QED) is 0.881. The van der Waals surface area contributed by atoms with Gasteiger partial charge in [0.1, 0.15) is 0 Å². The summed E-state index contributed by atoms with van der Waals surface area (Å²) < 4.78 is 0. The molecule has 1 atom stereocenters. The first-order valence-electron chi connectivity index (χ1n) is 7.97. The number of fused-ring (bicyclic) bond motifs is 1. The summed E-state index contributed by atoms with van der Waals surface area (Å²) in [7, 11) is 0. The number of nitrogens with two attached hydrogens (primary N) is 1. The molecular formula is C17H21N3O3. The topological polar surface area (TPSA) is 83.7 Å². The van der Waals surface area contributed by atoms with Crippen LogP contribution in [0.4, 0.5) is 5.69 Å². The number of nitrogens with zero attached hydrogens (tertiary/aromatic N) is 2. The molecule has 2 heterocycles. The summed E-state index contributed by atoms with van der Waals surface area (Å²) in [4.78, 5) is 39.1. The van der Waals surface area contributed by atoms with Gasteiger partial charge in [-0.2, -0.15) is 0 Å². The molecule has 1 fully saturated rings. The van der Waals surface area contributed by atoms with E-state index in [4.69, 9.17) is 5.73 Å². The van der Waals surface area contributed by atoms with Gasteiger partial charge in [-0.25, -0.2) is 0 Å². The van der Waals surface area contributed by atoms with E-state index in [2.05, 4.69) is 0 Å². The molecule has 1 unspecified atom stereocenters. The number of carbonyl (C=O) groups excluding carboxylic acids is 3. The van der Waals surface area contributed by atoms with Crippen molar-refractivity contribution < 1.29 is 14.4 Å². The summed E-state index contributed by atoms with van der Waals surface area (Å²) in [6.45, 7) is 3.26. The monoisotopic (exact) mass is 315 g/mol. The van der Waals surface area contributed by atoms with Crippen molar-refractivity contribution in [3.8, 4) is 0 Å². The fraction of sp³-hybridized carbons (Fsp3) is 0.471. The summed E-state index contributed by atoms with van der Waals surface area (Å²) in [6.07, 6.45) is 2.30. The number of primary amides is 1. The van der Waals surface area contributed by atoms with Gasteiger partial charge < -0.3 is 15.5 Å². The molecule has 23 heavy (non-hydrogen) atoms. The predicted octanol–water partition coefficient (Wildman–Crippen LogP) is 0.933. The highest BCUT2D eigenvalue weighted by Crippen LogP contribution is 2.29. The van der Waals surface area contributed by atoms with Gasteiger partial charge in [0, 0.05) is 37.8 Å². The maximum atomic E-state index is 12.7. The molecule has 3 amide bonds. The Morgan fingerprint density at radius 1 is 1.22 bits per heavy atom. The molecule has 0 radical (unpaired) electrons. The van der Waals surface area contributed by atoms with Gasteiger partial charge in [0.25, 0.3) is 5.91 Å². The molecule has 3 rings (SSSR count). The molecule has 1 aromatic rings. The largest absolute Gasteiger partial charge is 0.369 e. The van der Waals surface area contributed by atoms with Gasteiger partial charge in [-0.15, -0.1) is 0 Å². The van der Waals surface area contributed by atoms with Gasteiger partial charge in [0.05, 0.1) is 5.92 Å². The third kappa shape index (κ3) is 2.93. The molecule has 6 nitrogen and oxygen atoms in total. The van der Waals surface area contributed by atoms with Crippen molar-refractivity contribution in [2.45, 2.75) is 26.2 Å². The number of hydrogen-bond donors (Lipinski definition) is 1. The van der Waals surface area contributed by atoms with E-state index in [0.717, 1.165) is 30.5 Å². The Morgan fingerprint density at radius 2 is 2.00 bits per heavy atom. The van der Waals surface area contributed by atoms with Gasteiger partial charge in [-0.3, -0.25) is 14.4 Å². The van der Waals surface area contributed by atoms with E-state index < -0.39 is 0 Å². The number of piperidine rings is 1. The average molecular weight is 315 g/mol. The smallest absolute Gasteiger partial charge is 0.253 e. The second kappa shape index (κ2) is 6.02. The van der Waals surface area contributed by atoms with Crippen LogP contribution in [0.15, 0.2) is 18.2 Å². The Kier molecular flexibility index (Phi) is 4.07. The van der Waals surface area contributed by atoms with Crippen LogP contribution < -0.4 is 10.6 Å². The Balaban J connectivity index is 1.79. The van der Waals surface area contributed by atoms with Crippen molar-refractivity contribution in [3.05, 3.63) is 29.3 Å². The van der Waals surface area contributed by atoms with Crippen molar-refractivity contribution in [1.82, 2.24) is 4.90 Å². The normalized spacial score (nSPS) is 20.3. The third-order valence-electron chi connectivity index (χ3n) is 4.71. The predicted molar refractivity (Wildman–Crippen MR) is 86.0 cm³/mol. The molecule has 0 saturated carbocycles. The zero-order valence-electron chi connectivity index (χ0n) is 13.2. The fourth-order valence-electron chi connectivity index (χ4n) is 3.44. The first-order valence-corrected chi connectivity index (χ1v) is 7.97. The minimum absolute atomic E-state index is 0.0168. The highest BCUT2D eigenvalue weighted by molar-refractivity contribution is 5.98. The number of rotatable bonds is 2. The first-order chi connectivity index (χ1) is 11.0. The molecule has 2 aliphatic rings. The molecule has 0 aliphatic carbocycles. The van der Waals surface area contributed by atoms with Gasteiger partial charge in [-0.05, 0) is 43.0 Å². The first kappa shape index (κ1) is 15.5. The van der Waals surface area contributed by atoms with E-state index >= 15 is 0 Å². The standard InChI is InChI=1S/C17H21N3O3/c1-11(21)20-8-6-12-9-13(4-5-15(12)20)17(23)19-7-2-3-14(10-19)16(18)22/h4-5,9,14H,2-3,6-8,10H2,1H3,(H2,18,22). The molecule has 6 heteroatoms. The van der Waals surface area contributed by atoms with Crippen LogP contribution in [0.2, 0.25) is 0 Å². The average Bonchev–Trinajstić information content (AvgIpc) is 2.97. The number of likely N-dealkylation sites (tertiary alicyclic amines) is 1. The van der Waals surface area contributed by atoms with Crippen LogP contribution in [0.5, 0.6) is 0 Å². The van der Waals surface area contributed by atoms with Crippen molar-refractivity contribution >= 4 is 23.4 Å². The van der Waals surface area contributed by atoms with Crippen LogP contribution in [0.1, 0.15) is 35.7 Å². The van der Waals surface area contributed by atoms with Crippen LogP contribution in [-0.2, 0) is 16.0 Å². The van der Waals surface area contributed by atoms with E-state index in [9.17, 15) is 14.4 Å². The van der Waals surface area contributed by atoms with E-state index in [1.165, 1.54) is 0 Å². The van der Waals surface area contributed by atoms with Gasteiger partial charge >= 0.3 is 0 Å². The highest BCUT2D eigenvalue weighted by Gasteiger charge is 2.29. The molecule has 1 saturated heterocycles.